The summed E-state index contributed by atoms with van der Waals surface area (Å²) in [6, 6.07) is 9.98. The number of hydrogen-bond acceptors (Lipinski definition) is 6. The summed E-state index contributed by atoms with van der Waals surface area (Å²) in [5.41, 5.74) is 2.68. The fourth-order valence-electron chi connectivity index (χ4n) is 4.38. The SMILES string of the molecule is Cn1nnc(-c2ccccc2F)c1-c1cn(-c2ccc(C(=O)N3CC4(COC4)C3)cn2)cn1. The minimum Gasteiger partial charge on any atom is -0.380 e. The topological polar surface area (TPSA) is 91.0 Å². The predicted octanol–water partition coefficient (Wildman–Crippen LogP) is 2.34. The molecule has 0 N–H and O–H groups in total. The van der Waals surface area contributed by atoms with Crippen molar-refractivity contribution in [1.82, 2.24) is 34.4 Å². The van der Waals surface area contributed by atoms with Crippen LogP contribution in [0.3, 0.4) is 0 Å². The van der Waals surface area contributed by atoms with Crippen molar-refractivity contribution in [3.8, 4) is 28.5 Å². The van der Waals surface area contributed by atoms with Crippen LogP contribution in [0.1, 0.15) is 10.4 Å². The molecule has 0 bridgehead atoms. The minimum atomic E-state index is -0.376. The van der Waals surface area contributed by atoms with E-state index in [2.05, 4.69) is 20.3 Å². The molecule has 1 amide bonds. The highest BCUT2D eigenvalue weighted by atomic mass is 19.1. The lowest BCUT2D eigenvalue weighted by molar-refractivity contribution is -0.176. The number of imidazole rings is 1. The van der Waals surface area contributed by atoms with Gasteiger partial charge in [-0.3, -0.25) is 9.36 Å². The Hall–Kier alpha value is -3.92. The number of aryl methyl sites for hydroxylation is 1. The van der Waals surface area contributed by atoms with Gasteiger partial charge in [0.15, 0.2) is 0 Å². The van der Waals surface area contributed by atoms with Crippen LogP contribution in [0, 0.1) is 11.2 Å². The second-order valence-electron chi connectivity index (χ2n) is 8.62. The van der Waals surface area contributed by atoms with Gasteiger partial charge in [-0.2, -0.15) is 0 Å². The molecule has 33 heavy (non-hydrogen) atoms. The van der Waals surface area contributed by atoms with Gasteiger partial charge >= 0.3 is 0 Å². The first kappa shape index (κ1) is 19.7. The Balaban J connectivity index is 1.24. The zero-order valence-corrected chi connectivity index (χ0v) is 17.8. The van der Waals surface area contributed by atoms with Crippen molar-refractivity contribution in [3.05, 3.63) is 66.5 Å². The number of carbonyl (C=O) groups excluding carboxylic acids is 1. The van der Waals surface area contributed by atoms with Gasteiger partial charge in [0.1, 0.15) is 35.0 Å². The van der Waals surface area contributed by atoms with Crippen LogP contribution < -0.4 is 0 Å². The van der Waals surface area contributed by atoms with Gasteiger partial charge in [0.25, 0.3) is 5.91 Å². The summed E-state index contributed by atoms with van der Waals surface area (Å²) in [6.45, 7) is 2.95. The molecule has 9 nitrogen and oxygen atoms in total. The lowest BCUT2D eigenvalue weighted by atomic mass is 9.78. The van der Waals surface area contributed by atoms with Crippen LogP contribution in [0.2, 0.25) is 0 Å². The lowest BCUT2D eigenvalue weighted by Gasteiger charge is -2.54. The molecule has 0 unspecified atom stereocenters. The molecule has 1 spiro atoms. The molecule has 2 aliphatic rings. The zero-order chi connectivity index (χ0) is 22.6. The number of aromatic nitrogens is 6. The van der Waals surface area contributed by atoms with Crippen LogP contribution >= 0.6 is 0 Å². The quantitative estimate of drug-likeness (QED) is 0.479. The van der Waals surface area contributed by atoms with E-state index in [1.54, 1.807) is 65.3 Å². The van der Waals surface area contributed by atoms with Crippen LogP contribution in [0.5, 0.6) is 0 Å². The molecular formula is C23H20FN7O2. The van der Waals surface area contributed by atoms with Gasteiger partial charge in [0.2, 0.25) is 0 Å². The number of rotatable bonds is 4. The number of amides is 1. The number of pyridine rings is 1. The molecule has 4 aromatic rings. The first-order valence-corrected chi connectivity index (χ1v) is 10.6. The van der Waals surface area contributed by atoms with E-state index in [1.165, 1.54) is 6.07 Å². The summed E-state index contributed by atoms with van der Waals surface area (Å²) in [6.07, 6.45) is 4.98. The second-order valence-corrected chi connectivity index (χ2v) is 8.62. The highest BCUT2D eigenvalue weighted by molar-refractivity contribution is 5.94. The molecule has 2 aliphatic heterocycles. The first-order valence-electron chi connectivity index (χ1n) is 10.6. The Kier molecular flexibility index (Phi) is 4.37. The van der Waals surface area contributed by atoms with E-state index in [-0.39, 0.29) is 17.1 Å². The maximum Gasteiger partial charge on any atom is 0.255 e. The van der Waals surface area contributed by atoms with Gasteiger partial charge in [0, 0.05) is 38.1 Å². The van der Waals surface area contributed by atoms with Crippen molar-refractivity contribution in [2.24, 2.45) is 12.5 Å². The van der Waals surface area contributed by atoms with Gasteiger partial charge in [-0.1, -0.05) is 17.3 Å². The molecule has 0 aliphatic carbocycles. The third-order valence-electron chi connectivity index (χ3n) is 6.20. The average Bonchev–Trinajstić information content (AvgIpc) is 3.39. The van der Waals surface area contributed by atoms with Crippen molar-refractivity contribution in [2.75, 3.05) is 26.3 Å². The van der Waals surface area contributed by atoms with E-state index in [0.29, 0.717) is 34.0 Å². The largest absolute Gasteiger partial charge is 0.380 e. The van der Waals surface area contributed by atoms with Gasteiger partial charge in [-0.05, 0) is 24.3 Å². The molecule has 0 radical (unpaired) electrons. The predicted molar refractivity (Wildman–Crippen MR) is 116 cm³/mol. The first-order chi connectivity index (χ1) is 16.0. The van der Waals surface area contributed by atoms with Crippen LogP contribution in [-0.2, 0) is 11.8 Å². The van der Waals surface area contributed by atoms with E-state index in [9.17, 15) is 9.18 Å². The number of nitrogens with zero attached hydrogens (tertiary/aromatic N) is 7. The van der Waals surface area contributed by atoms with Gasteiger partial charge < -0.3 is 9.64 Å². The fourth-order valence-corrected chi connectivity index (χ4v) is 4.38. The van der Waals surface area contributed by atoms with E-state index in [0.717, 1.165) is 26.3 Å². The summed E-state index contributed by atoms with van der Waals surface area (Å²) in [7, 11) is 1.74. The fraction of sp³-hybridized carbons (Fsp3) is 0.261. The van der Waals surface area contributed by atoms with Crippen molar-refractivity contribution in [1.29, 1.82) is 0 Å². The standard InChI is InChI=1S/C23H20FN7O2/c1-29-21(20(27-28-29)16-4-2-3-5-17(16)24)18-9-30(14-26-18)19-7-6-15(8-25-19)22(32)31-10-23(11-31)12-33-13-23/h2-9,14H,10-13H2,1H3. The van der Waals surface area contributed by atoms with Gasteiger partial charge in [-0.15, -0.1) is 5.10 Å². The second kappa shape index (κ2) is 7.31. The van der Waals surface area contributed by atoms with Gasteiger partial charge in [0.05, 0.1) is 24.2 Å². The minimum absolute atomic E-state index is 0.0200. The Morgan fingerprint density at radius 1 is 1.12 bits per heavy atom. The number of benzene rings is 1. The lowest BCUT2D eigenvalue weighted by Crippen LogP contribution is -2.67. The maximum atomic E-state index is 14.4. The summed E-state index contributed by atoms with van der Waals surface area (Å²) in [5.74, 6) is 0.215. The molecule has 6 rings (SSSR count). The van der Waals surface area contributed by atoms with Crippen molar-refractivity contribution in [3.63, 3.8) is 0 Å². The highest BCUT2D eigenvalue weighted by Gasteiger charge is 2.50. The van der Waals surface area contributed by atoms with E-state index in [4.69, 9.17) is 4.74 Å². The molecule has 2 saturated heterocycles. The molecule has 0 atom stereocenters. The van der Waals surface area contributed by atoms with Crippen LogP contribution in [0.25, 0.3) is 28.5 Å². The molecule has 166 valence electrons. The Labute approximate surface area is 188 Å². The Morgan fingerprint density at radius 3 is 2.64 bits per heavy atom. The Morgan fingerprint density at radius 2 is 1.94 bits per heavy atom. The number of halogens is 1. The van der Waals surface area contributed by atoms with Crippen molar-refractivity contribution < 1.29 is 13.9 Å². The summed E-state index contributed by atoms with van der Waals surface area (Å²) < 4.78 is 22.9. The maximum absolute atomic E-state index is 14.4. The molecule has 2 fully saturated rings. The van der Waals surface area contributed by atoms with Crippen molar-refractivity contribution in [2.45, 2.75) is 0 Å². The van der Waals surface area contributed by atoms with Crippen molar-refractivity contribution >= 4 is 5.91 Å². The average molecular weight is 445 g/mol. The smallest absolute Gasteiger partial charge is 0.255 e. The normalized spacial score (nSPS) is 16.5. The third-order valence-corrected chi connectivity index (χ3v) is 6.20. The van der Waals surface area contributed by atoms with E-state index >= 15 is 0 Å². The molecule has 3 aromatic heterocycles. The third kappa shape index (κ3) is 3.21. The number of hydrogen-bond donors (Lipinski definition) is 0. The molecule has 0 saturated carbocycles. The summed E-state index contributed by atoms with van der Waals surface area (Å²) >= 11 is 0. The molecule has 1 aromatic carbocycles. The van der Waals surface area contributed by atoms with Crippen LogP contribution in [0.15, 0.2) is 55.1 Å². The van der Waals surface area contributed by atoms with Crippen LogP contribution in [-0.4, -0.2) is 66.6 Å². The summed E-state index contributed by atoms with van der Waals surface area (Å²) in [5, 5.41) is 8.20. The number of likely N-dealkylation sites (tertiary alicyclic amines) is 1. The molecule has 5 heterocycles. The molecule has 10 heteroatoms. The van der Waals surface area contributed by atoms with Crippen LogP contribution in [0.4, 0.5) is 4.39 Å². The monoisotopic (exact) mass is 445 g/mol. The number of carbonyl (C=O) groups is 1. The van der Waals surface area contributed by atoms with Gasteiger partial charge in [-0.25, -0.2) is 19.0 Å². The van der Waals surface area contributed by atoms with E-state index in [1.807, 2.05) is 4.90 Å². The highest BCUT2D eigenvalue weighted by Crippen LogP contribution is 2.38. The molecular weight excluding hydrogens is 425 g/mol. The Bertz CT molecular complexity index is 1350. The zero-order valence-electron chi connectivity index (χ0n) is 17.8. The number of ether oxygens (including phenoxy) is 1. The van der Waals surface area contributed by atoms with E-state index < -0.39 is 0 Å². The summed E-state index contributed by atoms with van der Waals surface area (Å²) in [4.78, 5) is 23.4.